The average molecular weight is 486 g/mol. The van der Waals surface area contributed by atoms with Crippen molar-refractivity contribution in [2.45, 2.75) is 0 Å². The Morgan fingerprint density at radius 2 is 1.24 bits per heavy atom. The van der Waals surface area contributed by atoms with E-state index in [1.54, 1.807) is 0 Å². The number of rotatable bonds is 3. The normalized spacial score (nSPS) is 11.7. The standard InChI is InChI=1S/C36H23NO/c1-2-9-25-21-27(16-15-23(25)7-1)29-12-5-10-26-22-28(18-19-30(26)29)37-33-14-6-13-32-35-31-11-4-3-8-24(31)17-20-34(35)38-36(32)33/h1-22,37H. The molecule has 1 N–H and O–H groups in total. The Bertz CT molecular complexity index is 2170. The van der Waals surface area contributed by atoms with Crippen molar-refractivity contribution in [3.05, 3.63) is 133 Å². The third-order valence-electron chi connectivity index (χ3n) is 7.61. The number of benzene rings is 7. The zero-order chi connectivity index (χ0) is 25.1. The van der Waals surface area contributed by atoms with Gasteiger partial charge >= 0.3 is 0 Å². The Balaban J connectivity index is 1.22. The predicted octanol–water partition coefficient (Wildman–Crippen LogP) is 10.5. The fourth-order valence-electron chi connectivity index (χ4n) is 5.79. The van der Waals surface area contributed by atoms with Gasteiger partial charge in [0.05, 0.1) is 5.69 Å². The lowest BCUT2D eigenvalue weighted by Gasteiger charge is -2.11. The van der Waals surface area contributed by atoms with Crippen LogP contribution >= 0.6 is 0 Å². The van der Waals surface area contributed by atoms with Crippen molar-refractivity contribution in [2.75, 3.05) is 5.32 Å². The van der Waals surface area contributed by atoms with E-state index >= 15 is 0 Å². The van der Waals surface area contributed by atoms with Crippen LogP contribution in [-0.2, 0) is 0 Å². The number of hydrogen-bond acceptors (Lipinski definition) is 2. The van der Waals surface area contributed by atoms with Crippen LogP contribution in [-0.4, -0.2) is 0 Å². The summed E-state index contributed by atoms with van der Waals surface area (Å²) in [6.45, 7) is 0. The summed E-state index contributed by atoms with van der Waals surface area (Å²) in [5.74, 6) is 0. The number of fused-ring (bicyclic) bond motifs is 7. The summed E-state index contributed by atoms with van der Waals surface area (Å²) in [7, 11) is 0. The number of nitrogens with one attached hydrogen (secondary N) is 1. The Kier molecular flexibility index (Phi) is 4.55. The molecule has 7 aromatic carbocycles. The maximum Gasteiger partial charge on any atom is 0.158 e. The number of furan rings is 1. The minimum absolute atomic E-state index is 0.879. The van der Waals surface area contributed by atoms with E-state index in [0.29, 0.717) is 0 Å². The first-order valence-electron chi connectivity index (χ1n) is 12.9. The van der Waals surface area contributed by atoms with Gasteiger partial charge in [-0.1, -0.05) is 103 Å². The van der Waals surface area contributed by atoms with Gasteiger partial charge in [-0.25, -0.2) is 0 Å². The summed E-state index contributed by atoms with van der Waals surface area (Å²) in [6, 6.07) is 47.4. The highest BCUT2D eigenvalue weighted by Crippen LogP contribution is 2.39. The second-order valence-corrected chi connectivity index (χ2v) is 9.87. The molecule has 0 spiro atoms. The van der Waals surface area contributed by atoms with Gasteiger partial charge in [-0.05, 0) is 73.8 Å². The summed E-state index contributed by atoms with van der Waals surface area (Å²) in [5, 5.41) is 13.3. The third-order valence-corrected chi connectivity index (χ3v) is 7.61. The average Bonchev–Trinajstić information content (AvgIpc) is 3.37. The SMILES string of the molecule is c1ccc2cc(-c3cccc4cc(Nc5cccc6c5oc5ccc7ccccc7c56)ccc34)ccc2c1. The van der Waals surface area contributed by atoms with Crippen molar-refractivity contribution in [3.8, 4) is 11.1 Å². The molecule has 0 amide bonds. The highest BCUT2D eigenvalue weighted by atomic mass is 16.3. The van der Waals surface area contributed by atoms with Gasteiger partial charge in [0.25, 0.3) is 0 Å². The molecular weight excluding hydrogens is 462 g/mol. The number of para-hydroxylation sites is 1. The van der Waals surface area contributed by atoms with E-state index in [9.17, 15) is 0 Å². The molecule has 0 radical (unpaired) electrons. The molecule has 0 unspecified atom stereocenters. The monoisotopic (exact) mass is 485 g/mol. The molecule has 0 fully saturated rings. The van der Waals surface area contributed by atoms with Crippen LogP contribution < -0.4 is 5.32 Å². The molecule has 1 aromatic heterocycles. The van der Waals surface area contributed by atoms with Crippen molar-refractivity contribution in [3.63, 3.8) is 0 Å². The lowest BCUT2D eigenvalue weighted by atomic mass is 9.96. The van der Waals surface area contributed by atoms with Gasteiger partial charge in [-0.3, -0.25) is 0 Å². The molecule has 0 saturated carbocycles. The maximum absolute atomic E-state index is 6.40. The Morgan fingerprint density at radius 1 is 0.474 bits per heavy atom. The van der Waals surface area contributed by atoms with E-state index in [4.69, 9.17) is 4.42 Å². The van der Waals surface area contributed by atoms with Crippen LogP contribution in [0.2, 0.25) is 0 Å². The van der Waals surface area contributed by atoms with Gasteiger partial charge < -0.3 is 9.73 Å². The van der Waals surface area contributed by atoms with Crippen molar-refractivity contribution in [2.24, 2.45) is 0 Å². The van der Waals surface area contributed by atoms with E-state index < -0.39 is 0 Å². The van der Waals surface area contributed by atoms with E-state index in [-0.39, 0.29) is 0 Å². The largest absolute Gasteiger partial charge is 0.454 e. The quantitative estimate of drug-likeness (QED) is 0.269. The summed E-state index contributed by atoms with van der Waals surface area (Å²) >= 11 is 0. The maximum atomic E-state index is 6.40. The van der Waals surface area contributed by atoms with Crippen LogP contribution in [0.5, 0.6) is 0 Å². The lowest BCUT2D eigenvalue weighted by Crippen LogP contribution is -1.91. The number of hydrogen-bond donors (Lipinski definition) is 1. The fourth-order valence-corrected chi connectivity index (χ4v) is 5.79. The minimum atomic E-state index is 0.879. The molecule has 8 rings (SSSR count). The minimum Gasteiger partial charge on any atom is -0.454 e. The van der Waals surface area contributed by atoms with Gasteiger partial charge in [0, 0.05) is 16.5 Å². The molecule has 1 heterocycles. The van der Waals surface area contributed by atoms with Crippen LogP contribution in [0.15, 0.2) is 138 Å². The zero-order valence-corrected chi connectivity index (χ0v) is 20.6. The van der Waals surface area contributed by atoms with Crippen molar-refractivity contribution in [1.82, 2.24) is 0 Å². The van der Waals surface area contributed by atoms with Crippen molar-refractivity contribution < 1.29 is 4.42 Å². The van der Waals surface area contributed by atoms with Gasteiger partial charge in [-0.2, -0.15) is 0 Å². The predicted molar refractivity (Wildman–Crippen MR) is 161 cm³/mol. The highest BCUT2D eigenvalue weighted by molar-refractivity contribution is 6.20. The van der Waals surface area contributed by atoms with Crippen molar-refractivity contribution in [1.29, 1.82) is 0 Å². The summed E-state index contributed by atoms with van der Waals surface area (Å²) < 4.78 is 6.40. The second-order valence-electron chi connectivity index (χ2n) is 9.87. The van der Waals surface area contributed by atoms with Crippen LogP contribution in [0, 0.1) is 0 Å². The molecule has 0 aliphatic carbocycles. The molecule has 0 aliphatic heterocycles. The first kappa shape index (κ1) is 21.0. The van der Waals surface area contributed by atoms with E-state index in [0.717, 1.165) is 27.9 Å². The molecule has 8 aromatic rings. The van der Waals surface area contributed by atoms with E-state index in [1.165, 1.54) is 48.8 Å². The van der Waals surface area contributed by atoms with Gasteiger partial charge in [-0.15, -0.1) is 0 Å². The van der Waals surface area contributed by atoms with Crippen LogP contribution in [0.25, 0.3) is 65.4 Å². The van der Waals surface area contributed by atoms with E-state index in [2.05, 4.69) is 139 Å². The smallest absolute Gasteiger partial charge is 0.158 e. The van der Waals surface area contributed by atoms with Crippen molar-refractivity contribution >= 4 is 65.6 Å². The van der Waals surface area contributed by atoms with E-state index in [1.807, 2.05) is 0 Å². The van der Waals surface area contributed by atoms with Gasteiger partial charge in [0.2, 0.25) is 0 Å². The Morgan fingerprint density at radius 3 is 2.18 bits per heavy atom. The summed E-state index contributed by atoms with van der Waals surface area (Å²) in [5.41, 5.74) is 6.26. The molecule has 178 valence electrons. The zero-order valence-electron chi connectivity index (χ0n) is 20.6. The molecule has 38 heavy (non-hydrogen) atoms. The lowest BCUT2D eigenvalue weighted by molar-refractivity contribution is 0.670. The van der Waals surface area contributed by atoms with Crippen LogP contribution in [0.1, 0.15) is 0 Å². The van der Waals surface area contributed by atoms with Crippen LogP contribution in [0.4, 0.5) is 11.4 Å². The Labute approximate surface area is 219 Å². The highest BCUT2D eigenvalue weighted by Gasteiger charge is 2.14. The summed E-state index contributed by atoms with van der Waals surface area (Å²) in [4.78, 5) is 0. The second kappa shape index (κ2) is 8.22. The molecule has 0 saturated heterocycles. The molecule has 2 nitrogen and oxygen atoms in total. The van der Waals surface area contributed by atoms with Crippen LogP contribution in [0.3, 0.4) is 0 Å². The summed E-state index contributed by atoms with van der Waals surface area (Å²) in [6.07, 6.45) is 0. The van der Waals surface area contributed by atoms with Gasteiger partial charge in [0.1, 0.15) is 5.58 Å². The topological polar surface area (TPSA) is 25.2 Å². The molecule has 0 atom stereocenters. The molecule has 0 bridgehead atoms. The molecular formula is C36H23NO. The first-order valence-corrected chi connectivity index (χ1v) is 12.9. The molecule has 0 aliphatic rings. The van der Waals surface area contributed by atoms with Gasteiger partial charge in [0.15, 0.2) is 5.58 Å². The number of anilines is 2. The fraction of sp³-hybridized carbons (Fsp3) is 0. The molecule has 2 heteroatoms. The third kappa shape index (κ3) is 3.28. The first-order chi connectivity index (χ1) is 18.8. The Hall–Kier alpha value is -5.08.